The van der Waals surface area contributed by atoms with Crippen molar-refractivity contribution in [3.63, 3.8) is 0 Å². The predicted octanol–water partition coefficient (Wildman–Crippen LogP) is 5.72. The fraction of sp³-hybridized carbons (Fsp3) is 0.167. The Balaban J connectivity index is 1.85. The molecule has 4 rings (SSSR count). The number of Topliss-reactive ketones (excluding diaryl/α,β-unsaturated/α-hetero) is 1. The summed E-state index contributed by atoms with van der Waals surface area (Å²) in [7, 11) is -8.96. The number of ketones is 1. The fourth-order valence-electron chi connectivity index (χ4n) is 3.83. The Kier molecular flexibility index (Phi) is 8.46. The Labute approximate surface area is 229 Å². The van der Waals surface area contributed by atoms with Crippen LogP contribution in [0.15, 0.2) is 113 Å². The van der Waals surface area contributed by atoms with E-state index in [9.17, 15) is 21.6 Å². The second-order valence-corrected chi connectivity index (χ2v) is 12.4. The molecule has 2 unspecified atom stereocenters. The highest BCUT2D eigenvalue weighted by molar-refractivity contribution is 7.87. The quantitative estimate of drug-likeness (QED) is 0.179. The third-order valence-electron chi connectivity index (χ3n) is 6.08. The zero-order valence-electron chi connectivity index (χ0n) is 21.6. The molecule has 2 atom stereocenters. The first kappa shape index (κ1) is 28.4. The molecule has 202 valence electrons. The van der Waals surface area contributed by atoms with Crippen molar-refractivity contribution in [1.29, 1.82) is 0 Å². The van der Waals surface area contributed by atoms with Gasteiger partial charge in [-0.25, -0.2) is 0 Å². The predicted molar refractivity (Wildman–Crippen MR) is 147 cm³/mol. The highest BCUT2D eigenvalue weighted by atomic mass is 32.2. The first-order chi connectivity index (χ1) is 18.5. The third-order valence-corrected chi connectivity index (χ3v) is 8.70. The second kappa shape index (κ2) is 11.6. The van der Waals surface area contributed by atoms with Crippen molar-refractivity contribution in [1.82, 2.24) is 0 Å². The molecule has 0 bridgehead atoms. The van der Waals surface area contributed by atoms with Gasteiger partial charge in [-0.1, -0.05) is 95.6 Å². The first-order valence-electron chi connectivity index (χ1n) is 12.1. The molecule has 0 radical (unpaired) electrons. The van der Waals surface area contributed by atoms with E-state index in [0.29, 0.717) is 0 Å². The van der Waals surface area contributed by atoms with E-state index in [1.165, 1.54) is 36.4 Å². The Morgan fingerprint density at radius 1 is 0.564 bits per heavy atom. The smallest absolute Gasteiger partial charge is 0.291 e. The number of carbonyl (C=O) groups is 1. The summed E-state index contributed by atoms with van der Waals surface area (Å²) in [5.41, 5.74) is 2.93. The number of hydrogen-bond donors (Lipinski definition) is 0. The van der Waals surface area contributed by atoms with Crippen molar-refractivity contribution < 1.29 is 30.0 Å². The Bertz CT molecular complexity index is 1640. The molecule has 7 nitrogen and oxygen atoms in total. The van der Waals surface area contributed by atoms with E-state index in [1.54, 1.807) is 73.7 Å². The largest absolute Gasteiger partial charge is 0.297 e. The van der Waals surface area contributed by atoms with Gasteiger partial charge in [0.15, 0.2) is 11.9 Å². The van der Waals surface area contributed by atoms with E-state index in [2.05, 4.69) is 0 Å². The van der Waals surface area contributed by atoms with E-state index >= 15 is 0 Å². The first-order valence-corrected chi connectivity index (χ1v) is 14.9. The number of carbonyl (C=O) groups excluding carboxylic acids is 1. The van der Waals surface area contributed by atoms with Crippen LogP contribution in [0, 0.1) is 20.8 Å². The highest BCUT2D eigenvalue weighted by Crippen LogP contribution is 2.33. The fourth-order valence-corrected chi connectivity index (χ4v) is 5.94. The van der Waals surface area contributed by atoms with E-state index in [1.807, 2.05) is 13.8 Å². The van der Waals surface area contributed by atoms with Crippen LogP contribution in [0.2, 0.25) is 0 Å². The summed E-state index contributed by atoms with van der Waals surface area (Å²) < 4.78 is 64.7. The molecule has 0 heterocycles. The summed E-state index contributed by atoms with van der Waals surface area (Å²) in [5.74, 6) is -0.754. The van der Waals surface area contributed by atoms with Crippen LogP contribution in [-0.4, -0.2) is 28.7 Å². The average molecular weight is 565 g/mol. The lowest BCUT2D eigenvalue weighted by Gasteiger charge is -2.26. The maximum absolute atomic E-state index is 13.8. The van der Waals surface area contributed by atoms with Crippen molar-refractivity contribution in [3.05, 3.63) is 131 Å². The summed E-state index contributed by atoms with van der Waals surface area (Å²) >= 11 is 0. The minimum atomic E-state index is -4.51. The van der Waals surface area contributed by atoms with Crippen molar-refractivity contribution >= 4 is 26.0 Å². The Hall–Kier alpha value is -3.63. The Morgan fingerprint density at radius 2 is 0.974 bits per heavy atom. The second-order valence-electron chi connectivity index (χ2n) is 9.21. The summed E-state index contributed by atoms with van der Waals surface area (Å²) in [6, 6.07) is 26.4. The molecule has 0 amide bonds. The van der Waals surface area contributed by atoms with Crippen molar-refractivity contribution in [2.75, 3.05) is 0 Å². The summed E-state index contributed by atoms with van der Waals surface area (Å²) in [6.07, 6.45) is -3.48. The van der Waals surface area contributed by atoms with E-state index < -0.39 is 38.2 Å². The van der Waals surface area contributed by atoms with Gasteiger partial charge in [-0.3, -0.25) is 13.2 Å². The van der Waals surface area contributed by atoms with Crippen molar-refractivity contribution in [2.24, 2.45) is 0 Å². The molecule has 0 saturated heterocycles. The van der Waals surface area contributed by atoms with Gasteiger partial charge in [0.2, 0.25) is 0 Å². The monoisotopic (exact) mass is 564 g/mol. The molecular formula is C30H28O7S2. The maximum atomic E-state index is 13.8. The van der Waals surface area contributed by atoms with Crippen LogP contribution in [0.3, 0.4) is 0 Å². The van der Waals surface area contributed by atoms with Crippen LogP contribution >= 0.6 is 0 Å². The molecule has 0 aliphatic carbocycles. The third kappa shape index (κ3) is 6.88. The molecule has 0 spiro atoms. The summed E-state index contributed by atoms with van der Waals surface area (Å²) in [6.45, 7) is 5.45. The molecule has 0 aromatic heterocycles. The molecular weight excluding hydrogens is 536 g/mol. The zero-order valence-corrected chi connectivity index (χ0v) is 23.3. The molecule has 4 aromatic carbocycles. The van der Waals surface area contributed by atoms with Crippen LogP contribution in [0.5, 0.6) is 0 Å². The molecule has 0 aliphatic rings. The van der Waals surface area contributed by atoms with Gasteiger partial charge in [0, 0.05) is 5.56 Å². The normalized spacial score (nSPS) is 13.5. The molecule has 4 aromatic rings. The maximum Gasteiger partial charge on any atom is 0.297 e. The molecule has 0 saturated carbocycles. The van der Waals surface area contributed by atoms with Gasteiger partial charge in [0.25, 0.3) is 20.2 Å². The van der Waals surface area contributed by atoms with E-state index in [-0.39, 0.29) is 20.9 Å². The van der Waals surface area contributed by atoms with Gasteiger partial charge in [0.1, 0.15) is 6.10 Å². The zero-order chi connectivity index (χ0) is 28.2. The number of rotatable bonds is 10. The lowest BCUT2D eigenvalue weighted by molar-refractivity contribution is 0.0460. The lowest BCUT2D eigenvalue weighted by Crippen LogP contribution is -2.36. The van der Waals surface area contributed by atoms with Crippen LogP contribution in [0.4, 0.5) is 0 Å². The molecule has 0 fully saturated rings. The van der Waals surface area contributed by atoms with Gasteiger partial charge >= 0.3 is 0 Å². The number of benzene rings is 4. The van der Waals surface area contributed by atoms with E-state index in [0.717, 1.165) is 16.7 Å². The minimum absolute atomic E-state index is 0.134. The molecule has 0 N–H and O–H groups in total. The summed E-state index contributed by atoms with van der Waals surface area (Å²) in [5, 5.41) is 0. The van der Waals surface area contributed by atoms with Gasteiger partial charge in [-0.15, -0.1) is 0 Å². The van der Waals surface area contributed by atoms with Gasteiger partial charge in [0.05, 0.1) is 9.79 Å². The molecule has 9 heteroatoms. The molecule has 39 heavy (non-hydrogen) atoms. The number of aryl methyl sites for hydroxylation is 3. The molecule has 0 aliphatic heterocycles. The van der Waals surface area contributed by atoms with Crippen LogP contribution in [0.25, 0.3) is 0 Å². The Morgan fingerprint density at radius 3 is 1.44 bits per heavy atom. The van der Waals surface area contributed by atoms with Crippen LogP contribution < -0.4 is 0 Å². The van der Waals surface area contributed by atoms with Gasteiger partial charge < -0.3 is 0 Å². The van der Waals surface area contributed by atoms with Crippen LogP contribution in [0.1, 0.15) is 38.7 Å². The average Bonchev–Trinajstić information content (AvgIpc) is 2.92. The summed E-state index contributed by atoms with van der Waals surface area (Å²) in [4.78, 5) is 13.5. The standard InChI is InChI=1S/C30H28O7S2/c1-21-9-15-25(16-10-21)29(36-38(32,33)26-17-11-22(2)12-18-26)30(28(31)24-7-5-4-6-8-24)37-39(34,35)27-19-13-23(3)14-20-27/h4-20,29-30H,1-3H3. The van der Waals surface area contributed by atoms with E-state index in [4.69, 9.17) is 8.37 Å². The lowest BCUT2D eigenvalue weighted by atomic mass is 9.97. The highest BCUT2D eigenvalue weighted by Gasteiger charge is 2.40. The SMILES string of the molecule is Cc1ccc(C(OS(=O)(=O)c2ccc(C)cc2)C(OS(=O)(=O)c2ccc(C)cc2)C(=O)c2ccccc2)cc1. The topological polar surface area (TPSA) is 104 Å². The minimum Gasteiger partial charge on any atom is -0.291 e. The number of hydrogen-bond acceptors (Lipinski definition) is 7. The van der Waals surface area contributed by atoms with Crippen molar-refractivity contribution in [2.45, 2.75) is 42.8 Å². The van der Waals surface area contributed by atoms with Gasteiger partial charge in [-0.05, 0) is 50.6 Å². The van der Waals surface area contributed by atoms with Crippen LogP contribution in [-0.2, 0) is 28.6 Å². The van der Waals surface area contributed by atoms with Gasteiger partial charge in [-0.2, -0.15) is 16.8 Å². The van der Waals surface area contributed by atoms with Crippen molar-refractivity contribution in [3.8, 4) is 0 Å².